The number of ether oxygens (including phenoxy) is 1. The molecule has 1 aromatic carbocycles. The fourth-order valence-electron chi connectivity index (χ4n) is 2.31. The number of methoxy groups -OCH3 is 1. The molecule has 0 saturated carbocycles. The summed E-state index contributed by atoms with van der Waals surface area (Å²) in [5.41, 5.74) is 6.74. The Morgan fingerprint density at radius 2 is 2.39 bits per heavy atom. The lowest BCUT2D eigenvalue weighted by Crippen LogP contribution is -2.37. The lowest BCUT2D eigenvalue weighted by Gasteiger charge is -2.23. The van der Waals surface area contributed by atoms with E-state index in [1.165, 1.54) is 0 Å². The molecular formula is C13H18N2O3. The van der Waals surface area contributed by atoms with Gasteiger partial charge in [-0.1, -0.05) is 0 Å². The van der Waals surface area contributed by atoms with Crippen LogP contribution in [0.2, 0.25) is 0 Å². The number of carbonyl (C=O) groups excluding carboxylic acids is 1. The number of nitrogens with zero attached hydrogens (tertiary/aromatic N) is 1. The third kappa shape index (κ3) is 2.26. The highest BCUT2D eigenvalue weighted by molar-refractivity contribution is 5.99. The Morgan fingerprint density at radius 3 is 3.00 bits per heavy atom. The summed E-state index contributed by atoms with van der Waals surface area (Å²) in [4.78, 5) is 14.0. The number of aliphatic hydroxyl groups is 1. The summed E-state index contributed by atoms with van der Waals surface area (Å²) < 4.78 is 5.05. The van der Waals surface area contributed by atoms with Crippen molar-refractivity contribution in [3.63, 3.8) is 0 Å². The van der Waals surface area contributed by atoms with Gasteiger partial charge < -0.3 is 20.5 Å². The normalized spacial score (nSPS) is 19.0. The zero-order chi connectivity index (χ0) is 13.1. The minimum Gasteiger partial charge on any atom is -0.497 e. The SMILES string of the molecule is COc1ccc(C(=O)N2CCC[C@@H]2CO)c(N)c1. The molecule has 98 valence electrons. The van der Waals surface area contributed by atoms with E-state index in [9.17, 15) is 9.90 Å². The molecule has 0 aliphatic carbocycles. The van der Waals surface area contributed by atoms with E-state index in [-0.39, 0.29) is 18.6 Å². The maximum Gasteiger partial charge on any atom is 0.256 e. The molecule has 2 rings (SSSR count). The summed E-state index contributed by atoms with van der Waals surface area (Å²) in [6.07, 6.45) is 1.77. The highest BCUT2D eigenvalue weighted by Gasteiger charge is 2.29. The molecule has 0 unspecified atom stereocenters. The topological polar surface area (TPSA) is 75.8 Å². The van der Waals surface area contributed by atoms with Crippen LogP contribution in [0.3, 0.4) is 0 Å². The first-order valence-electron chi connectivity index (χ1n) is 6.02. The number of nitrogens with two attached hydrogens (primary N) is 1. The van der Waals surface area contributed by atoms with E-state index in [1.807, 2.05) is 0 Å². The first-order valence-corrected chi connectivity index (χ1v) is 6.02. The summed E-state index contributed by atoms with van der Waals surface area (Å²) in [5, 5.41) is 9.24. The number of likely N-dealkylation sites (tertiary alicyclic amines) is 1. The molecule has 1 aromatic rings. The van der Waals surface area contributed by atoms with Gasteiger partial charge in [-0.05, 0) is 25.0 Å². The van der Waals surface area contributed by atoms with Crippen molar-refractivity contribution in [3.8, 4) is 5.75 Å². The van der Waals surface area contributed by atoms with Gasteiger partial charge in [-0.2, -0.15) is 0 Å². The molecule has 1 fully saturated rings. The standard InChI is InChI=1S/C13H18N2O3/c1-18-10-4-5-11(12(14)7-10)13(17)15-6-2-3-9(15)8-16/h4-5,7,9,16H,2-3,6,8,14H2,1H3/t9-/m1/s1. The maximum absolute atomic E-state index is 12.3. The fourth-order valence-corrected chi connectivity index (χ4v) is 2.31. The van der Waals surface area contributed by atoms with Crippen LogP contribution in [0, 0.1) is 0 Å². The number of rotatable bonds is 3. The van der Waals surface area contributed by atoms with Crippen LogP contribution in [-0.2, 0) is 0 Å². The predicted molar refractivity (Wildman–Crippen MR) is 68.6 cm³/mol. The first kappa shape index (κ1) is 12.7. The van der Waals surface area contributed by atoms with Gasteiger partial charge in [-0.15, -0.1) is 0 Å². The van der Waals surface area contributed by atoms with Crippen molar-refractivity contribution in [2.45, 2.75) is 18.9 Å². The maximum atomic E-state index is 12.3. The van der Waals surface area contributed by atoms with Crippen molar-refractivity contribution >= 4 is 11.6 Å². The molecule has 1 amide bonds. The van der Waals surface area contributed by atoms with Gasteiger partial charge in [-0.25, -0.2) is 0 Å². The number of hydrogen-bond donors (Lipinski definition) is 2. The van der Waals surface area contributed by atoms with Crippen LogP contribution in [0.5, 0.6) is 5.75 Å². The van der Waals surface area contributed by atoms with Gasteiger partial charge in [0.15, 0.2) is 0 Å². The minimum absolute atomic E-state index is 0.00179. The van der Waals surface area contributed by atoms with E-state index < -0.39 is 0 Å². The molecule has 0 bridgehead atoms. The number of nitrogen functional groups attached to an aromatic ring is 1. The Morgan fingerprint density at radius 1 is 1.61 bits per heavy atom. The molecule has 1 aliphatic heterocycles. The number of amides is 1. The van der Waals surface area contributed by atoms with Crippen LogP contribution in [-0.4, -0.2) is 42.2 Å². The average Bonchev–Trinajstić information content (AvgIpc) is 2.86. The third-order valence-corrected chi connectivity index (χ3v) is 3.34. The van der Waals surface area contributed by atoms with E-state index in [1.54, 1.807) is 30.2 Å². The van der Waals surface area contributed by atoms with E-state index in [0.717, 1.165) is 12.8 Å². The molecule has 1 aliphatic rings. The molecule has 3 N–H and O–H groups in total. The summed E-state index contributed by atoms with van der Waals surface area (Å²) in [6, 6.07) is 4.94. The fraction of sp³-hybridized carbons (Fsp3) is 0.462. The molecule has 18 heavy (non-hydrogen) atoms. The van der Waals surface area contributed by atoms with Gasteiger partial charge in [-0.3, -0.25) is 4.79 Å². The molecular weight excluding hydrogens is 232 g/mol. The van der Waals surface area contributed by atoms with Crippen LogP contribution in [0.1, 0.15) is 23.2 Å². The molecule has 5 heteroatoms. The molecule has 0 aromatic heterocycles. The van der Waals surface area contributed by atoms with E-state index in [2.05, 4.69) is 0 Å². The summed E-state index contributed by atoms with van der Waals surface area (Å²) in [6.45, 7) is 0.678. The van der Waals surface area contributed by atoms with Gasteiger partial charge in [0.25, 0.3) is 5.91 Å². The van der Waals surface area contributed by atoms with Gasteiger partial charge in [0.1, 0.15) is 5.75 Å². The summed E-state index contributed by atoms with van der Waals surface area (Å²) in [5.74, 6) is 0.510. The Hall–Kier alpha value is -1.75. The average molecular weight is 250 g/mol. The largest absolute Gasteiger partial charge is 0.497 e. The van der Waals surface area contributed by atoms with Crippen molar-refractivity contribution in [3.05, 3.63) is 23.8 Å². The van der Waals surface area contributed by atoms with Crippen LogP contribution in [0.4, 0.5) is 5.69 Å². The number of anilines is 1. The quantitative estimate of drug-likeness (QED) is 0.781. The third-order valence-electron chi connectivity index (χ3n) is 3.34. The highest BCUT2D eigenvalue weighted by atomic mass is 16.5. The minimum atomic E-state index is -0.119. The van der Waals surface area contributed by atoms with Crippen molar-refractivity contribution in [1.82, 2.24) is 4.90 Å². The molecule has 1 atom stereocenters. The number of carbonyl (C=O) groups is 1. The van der Waals surface area contributed by atoms with Crippen LogP contribution in [0.25, 0.3) is 0 Å². The Kier molecular flexibility index (Phi) is 3.72. The van der Waals surface area contributed by atoms with Crippen molar-refractivity contribution in [2.24, 2.45) is 0 Å². The van der Waals surface area contributed by atoms with Gasteiger partial charge in [0.05, 0.1) is 25.3 Å². The first-order chi connectivity index (χ1) is 8.67. The van der Waals surface area contributed by atoms with E-state index in [4.69, 9.17) is 10.5 Å². The molecule has 1 heterocycles. The second-order valence-electron chi connectivity index (χ2n) is 4.43. The lowest BCUT2D eigenvalue weighted by molar-refractivity contribution is 0.0678. The molecule has 1 saturated heterocycles. The van der Waals surface area contributed by atoms with Crippen molar-refractivity contribution in [1.29, 1.82) is 0 Å². The zero-order valence-corrected chi connectivity index (χ0v) is 10.4. The highest BCUT2D eigenvalue weighted by Crippen LogP contribution is 2.25. The zero-order valence-electron chi connectivity index (χ0n) is 10.4. The van der Waals surface area contributed by atoms with Crippen LogP contribution < -0.4 is 10.5 Å². The number of benzene rings is 1. The summed E-state index contributed by atoms with van der Waals surface area (Å²) >= 11 is 0. The predicted octanol–water partition coefficient (Wildman–Crippen LogP) is 0.874. The van der Waals surface area contributed by atoms with Crippen molar-refractivity contribution in [2.75, 3.05) is 26.0 Å². The smallest absolute Gasteiger partial charge is 0.256 e. The van der Waals surface area contributed by atoms with Gasteiger partial charge in [0, 0.05) is 18.3 Å². The second kappa shape index (κ2) is 5.27. The van der Waals surface area contributed by atoms with Gasteiger partial charge in [0.2, 0.25) is 0 Å². The monoisotopic (exact) mass is 250 g/mol. The number of aliphatic hydroxyl groups excluding tert-OH is 1. The number of hydrogen-bond acceptors (Lipinski definition) is 4. The second-order valence-corrected chi connectivity index (χ2v) is 4.43. The Bertz CT molecular complexity index is 448. The van der Waals surface area contributed by atoms with Gasteiger partial charge >= 0.3 is 0 Å². The summed E-state index contributed by atoms with van der Waals surface area (Å²) in [7, 11) is 1.55. The Labute approximate surface area is 106 Å². The van der Waals surface area contributed by atoms with Crippen LogP contribution >= 0.6 is 0 Å². The Balaban J connectivity index is 2.23. The van der Waals surface area contributed by atoms with Crippen LogP contribution in [0.15, 0.2) is 18.2 Å². The molecule has 5 nitrogen and oxygen atoms in total. The molecule has 0 radical (unpaired) electrons. The van der Waals surface area contributed by atoms with E-state index in [0.29, 0.717) is 23.5 Å². The van der Waals surface area contributed by atoms with E-state index >= 15 is 0 Å². The van der Waals surface area contributed by atoms with Crippen molar-refractivity contribution < 1.29 is 14.6 Å². The molecule has 0 spiro atoms. The lowest BCUT2D eigenvalue weighted by atomic mass is 10.1.